The highest BCUT2D eigenvalue weighted by molar-refractivity contribution is 7.85. The first-order chi connectivity index (χ1) is 10.2. The molecule has 2 amide bonds. The summed E-state index contributed by atoms with van der Waals surface area (Å²) in [7, 11) is -1.34. The van der Waals surface area contributed by atoms with Crippen molar-refractivity contribution in [3.8, 4) is 0 Å². The first kappa shape index (κ1) is 17.0. The van der Waals surface area contributed by atoms with Crippen LogP contribution in [0.15, 0.2) is 16.5 Å². The van der Waals surface area contributed by atoms with Crippen molar-refractivity contribution in [1.82, 2.24) is 4.90 Å². The summed E-state index contributed by atoms with van der Waals surface area (Å²) >= 11 is 6.10. The van der Waals surface area contributed by atoms with E-state index in [1.54, 1.807) is 23.2 Å². The summed E-state index contributed by atoms with van der Waals surface area (Å²) in [6.45, 7) is 8.62. The molecule has 0 aromatic heterocycles. The summed E-state index contributed by atoms with van der Waals surface area (Å²) in [6.07, 6.45) is 1.58. The average Bonchev–Trinajstić information content (AvgIpc) is 2.42. The molecule has 0 aliphatic carbocycles. The maximum atomic E-state index is 12.1. The van der Waals surface area contributed by atoms with E-state index in [0.717, 1.165) is 11.1 Å². The maximum Gasteiger partial charge on any atom is 0.322 e. The van der Waals surface area contributed by atoms with Crippen LogP contribution in [-0.4, -0.2) is 32.6 Å². The van der Waals surface area contributed by atoms with E-state index in [9.17, 15) is 9.00 Å². The Balaban J connectivity index is 2.39. The molecule has 2 rings (SSSR count). The molecule has 22 heavy (non-hydrogen) atoms. The summed E-state index contributed by atoms with van der Waals surface area (Å²) < 4.78 is 15.8. The summed E-state index contributed by atoms with van der Waals surface area (Å²) in [5.74, 6) is 0. The minimum atomic E-state index is -1.34. The normalized spacial score (nSPS) is 16.6. The van der Waals surface area contributed by atoms with Gasteiger partial charge in [-0.05, 0) is 39.8 Å². The van der Waals surface area contributed by atoms with Gasteiger partial charge in [0.2, 0.25) is 0 Å². The number of rotatable bonds is 3. The molecular formula is C15H20ClN3O2S. The quantitative estimate of drug-likeness (QED) is 0.854. The van der Waals surface area contributed by atoms with Gasteiger partial charge in [-0.15, -0.1) is 0 Å². The van der Waals surface area contributed by atoms with Crippen LogP contribution in [-0.2, 0) is 17.5 Å². The van der Waals surface area contributed by atoms with Gasteiger partial charge in [0.1, 0.15) is 11.0 Å². The number of urea groups is 1. The van der Waals surface area contributed by atoms with Crippen LogP contribution in [0.2, 0.25) is 5.02 Å². The first-order valence-electron chi connectivity index (χ1n) is 7.06. The first-order valence-corrected chi connectivity index (χ1v) is 8.55. The minimum absolute atomic E-state index is 0.140. The maximum absolute atomic E-state index is 12.1. The average molecular weight is 342 g/mol. The van der Waals surface area contributed by atoms with Gasteiger partial charge in [0.05, 0.1) is 11.3 Å². The van der Waals surface area contributed by atoms with Crippen LogP contribution in [0, 0.1) is 0 Å². The molecule has 0 saturated carbocycles. The number of benzene rings is 1. The molecule has 1 aliphatic heterocycles. The molecule has 1 heterocycles. The van der Waals surface area contributed by atoms with Gasteiger partial charge in [0, 0.05) is 34.6 Å². The molecular weight excluding hydrogens is 322 g/mol. The molecule has 0 fully saturated rings. The van der Waals surface area contributed by atoms with Crippen molar-refractivity contribution < 1.29 is 9.00 Å². The van der Waals surface area contributed by atoms with Crippen molar-refractivity contribution in [1.29, 1.82) is 0 Å². The lowest BCUT2D eigenvalue weighted by atomic mass is 10.0. The van der Waals surface area contributed by atoms with E-state index in [4.69, 9.17) is 11.6 Å². The number of fused-ring (bicyclic) bond motifs is 1. The Morgan fingerprint density at radius 3 is 2.73 bits per heavy atom. The van der Waals surface area contributed by atoms with Gasteiger partial charge in [-0.3, -0.25) is 0 Å². The van der Waals surface area contributed by atoms with Gasteiger partial charge in [0.25, 0.3) is 0 Å². The number of halogens is 1. The van der Waals surface area contributed by atoms with Crippen LogP contribution in [0.1, 0.15) is 38.8 Å². The van der Waals surface area contributed by atoms with E-state index >= 15 is 0 Å². The van der Waals surface area contributed by atoms with E-state index in [0.29, 0.717) is 23.8 Å². The molecule has 0 radical (unpaired) electrons. The SMILES string of the molecule is CCN1Cc2c(C=N[S@@](=O)C(C)(C)C)cc(Cl)cc2NC1=O. The molecule has 1 aromatic rings. The lowest BCUT2D eigenvalue weighted by Crippen LogP contribution is -2.38. The van der Waals surface area contributed by atoms with Crippen LogP contribution >= 0.6 is 11.6 Å². The number of carbonyl (C=O) groups is 1. The number of nitrogens with one attached hydrogen (secondary N) is 1. The lowest BCUT2D eigenvalue weighted by molar-refractivity contribution is 0.210. The fraction of sp³-hybridized carbons (Fsp3) is 0.467. The van der Waals surface area contributed by atoms with E-state index in [1.165, 1.54) is 0 Å². The summed E-state index contributed by atoms with van der Waals surface area (Å²) in [6, 6.07) is 3.35. The highest BCUT2D eigenvalue weighted by Crippen LogP contribution is 2.29. The number of anilines is 1. The second-order valence-electron chi connectivity index (χ2n) is 6.06. The van der Waals surface area contributed by atoms with E-state index < -0.39 is 15.7 Å². The van der Waals surface area contributed by atoms with Crippen LogP contribution in [0.5, 0.6) is 0 Å². The van der Waals surface area contributed by atoms with Gasteiger partial charge in [-0.2, -0.15) is 4.40 Å². The largest absolute Gasteiger partial charge is 0.322 e. The number of carbonyl (C=O) groups excluding carboxylic acids is 1. The Kier molecular flexibility index (Phi) is 4.92. The Bertz CT molecular complexity index is 653. The molecule has 1 aromatic carbocycles. The smallest absolute Gasteiger partial charge is 0.320 e. The number of hydrogen-bond donors (Lipinski definition) is 1. The van der Waals surface area contributed by atoms with Gasteiger partial charge in [-0.1, -0.05) is 11.6 Å². The summed E-state index contributed by atoms with van der Waals surface area (Å²) in [5, 5.41) is 3.33. The monoisotopic (exact) mass is 341 g/mol. The van der Waals surface area contributed by atoms with Crippen LogP contribution < -0.4 is 5.32 Å². The molecule has 120 valence electrons. The Morgan fingerprint density at radius 2 is 2.14 bits per heavy atom. The number of hydrogen-bond acceptors (Lipinski definition) is 2. The van der Waals surface area contributed by atoms with Gasteiger partial charge in [0.15, 0.2) is 0 Å². The second kappa shape index (κ2) is 6.38. The molecule has 1 N–H and O–H groups in total. The summed E-state index contributed by atoms with van der Waals surface area (Å²) in [4.78, 5) is 13.6. The standard InChI is InChI=1S/C15H20ClN3O2S/c1-5-19-9-12-10(8-17-22(21)15(2,3)4)6-11(16)7-13(12)18-14(19)20/h6-8H,5,9H2,1-4H3,(H,18,20)/t22-/m0/s1. The van der Waals surface area contributed by atoms with E-state index in [1.807, 2.05) is 27.7 Å². The molecule has 7 heteroatoms. The van der Waals surface area contributed by atoms with Crippen LogP contribution in [0.4, 0.5) is 10.5 Å². The Hall–Kier alpha value is -1.40. The Labute approximate surface area is 138 Å². The van der Waals surface area contributed by atoms with Crippen molar-refractivity contribution >= 4 is 40.5 Å². The second-order valence-corrected chi connectivity index (χ2v) is 8.43. The molecule has 5 nitrogen and oxygen atoms in total. The molecule has 1 atom stereocenters. The molecule has 0 spiro atoms. The number of amides is 2. The van der Waals surface area contributed by atoms with Crippen molar-refractivity contribution in [2.24, 2.45) is 4.40 Å². The van der Waals surface area contributed by atoms with Gasteiger partial charge in [-0.25, -0.2) is 9.00 Å². The van der Waals surface area contributed by atoms with E-state index in [2.05, 4.69) is 9.71 Å². The zero-order chi connectivity index (χ0) is 16.5. The molecule has 0 bridgehead atoms. The third-order valence-electron chi connectivity index (χ3n) is 3.32. The number of nitrogens with zero attached hydrogens (tertiary/aromatic N) is 2. The fourth-order valence-electron chi connectivity index (χ4n) is 2.04. The zero-order valence-corrected chi connectivity index (χ0v) is 14.7. The highest BCUT2D eigenvalue weighted by Gasteiger charge is 2.24. The van der Waals surface area contributed by atoms with Gasteiger partial charge < -0.3 is 10.2 Å². The Morgan fingerprint density at radius 1 is 1.45 bits per heavy atom. The van der Waals surface area contributed by atoms with Crippen molar-refractivity contribution in [3.63, 3.8) is 0 Å². The molecule has 0 saturated heterocycles. The zero-order valence-electron chi connectivity index (χ0n) is 13.1. The minimum Gasteiger partial charge on any atom is -0.320 e. The van der Waals surface area contributed by atoms with Crippen molar-refractivity contribution in [3.05, 3.63) is 28.3 Å². The van der Waals surface area contributed by atoms with Crippen LogP contribution in [0.25, 0.3) is 0 Å². The fourth-order valence-corrected chi connectivity index (χ4v) is 2.79. The van der Waals surface area contributed by atoms with Crippen molar-refractivity contribution in [2.45, 2.75) is 39.0 Å². The predicted molar refractivity (Wildman–Crippen MR) is 92.0 cm³/mol. The third-order valence-corrected chi connectivity index (χ3v) is 4.88. The summed E-state index contributed by atoms with van der Waals surface area (Å²) in [5.41, 5.74) is 2.39. The topological polar surface area (TPSA) is 61.8 Å². The van der Waals surface area contributed by atoms with Gasteiger partial charge >= 0.3 is 6.03 Å². The third kappa shape index (κ3) is 3.67. The van der Waals surface area contributed by atoms with Crippen molar-refractivity contribution in [2.75, 3.05) is 11.9 Å². The highest BCUT2D eigenvalue weighted by atomic mass is 35.5. The lowest BCUT2D eigenvalue weighted by Gasteiger charge is -2.29. The van der Waals surface area contributed by atoms with Crippen LogP contribution in [0.3, 0.4) is 0 Å². The van der Waals surface area contributed by atoms with E-state index in [-0.39, 0.29) is 6.03 Å². The molecule has 1 aliphatic rings. The predicted octanol–water partition coefficient (Wildman–Crippen LogP) is 3.59. The molecule has 0 unspecified atom stereocenters.